The Morgan fingerprint density at radius 3 is 2.28 bits per heavy atom. The van der Waals surface area contributed by atoms with Gasteiger partial charge in [-0.15, -0.1) is 11.3 Å². The van der Waals surface area contributed by atoms with Crippen LogP contribution in [-0.4, -0.2) is 23.1 Å². The molecule has 0 unspecified atom stereocenters. The van der Waals surface area contributed by atoms with Crippen LogP contribution in [0.5, 0.6) is 5.75 Å². The fraction of sp³-hybridized carbons (Fsp3) is 0.0556. The van der Waals surface area contributed by atoms with Gasteiger partial charge in [0.2, 0.25) is 11.6 Å². The highest BCUT2D eigenvalue weighted by Gasteiger charge is 2.30. The Labute approximate surface area is 171 Å². The molecule has 0 radical (unpaired) electrons. The molecule has 0 spiro atoms. The first kappa shape index (κ1) is 20.7. The van der Waals surface area contributed by atoms with E-state index in [1.807, 2.05) is 35.6 Å². The van der Waals surface area contributed by atoms with Crippen LogP contribution < -0.4 is 15.4 Å². The monoisotopic (exact) mass is 441 g/mol. The number of anilines is 1. The maximum atomic E-state index is 14.0. The molecule has 2 aromatic carbocycles. The molecule has 0 aliphatic heterocycles. The van der Waals surface area contributed by atoms with E-state index in [0.29, 0.717) is 10.8 Å². The van der Waals surface area contributed by atoms with Gasteiger partial charge in [-0.05, 0) is 12.2 Å². The Bertz CT molecular complexity index is 1060. The molecule has 29 heavy (non-hydrogen) atoms. The van der Waals surface area contributed by atoms with Crippen molar-refractivity contribution in [2.24, 2.45) is 0 Å². The topological polar surface area (TPSA) is 63.2 Å². The van der Waals surface area contributed by atoms with Crippen LogP contribution in [0.25, 0.3) is 11.3 Å². The quantitative estimate of drug-likeness (QED) is 0.355. The molecule has 1 heterocycles. The molecular formula is C18H11F4N3O2S2. The third kappa shape index (κ3) is 4.20. The average molecular weight is 441 g/mol. The minimum absolute atomic E-state index is 0.294. The van der Waals surface area contributed by atoms with Gasteiger partial charge in [0.25, 0.3) is 5.91 Å². The van der Waals surface area contributed by atoms with Crippen LogP contribution >= 0.6 is 23.6 Å². The van der Waals surface area contributed by atoms with Gasteiger partial charge in [0.1, 0.15) is 5.56 Å². The number of thiocarbonyl (C=S) groups is 1. The van der Waals surface area contributed by atoms with Crippen LogP contribution in [0.15, 0.2) is 35.7 Å². The zero-order valence-corrected chi connectivity index (χ0v) is 16.2. The number of ether oxygens (including phenoxy) is 1. The molecular weight excluding hydrogens is 430 g/mol. The van der Waals surface area contributed by atoms with E-state index in [1.54, 1.807) is 5.38 Å². The molecule has 0 bridgehead atoms. The number of carbonyl (C=O) groups excluding carboxylic acids is 1. The van der Waals surface area contributed by atoms with Gasteiger partial charge in [-0.25, -0.2) is 13.8 Å². The second-order valence-corrected chi connectivity index (χ2v) is 6.74. The van der Waals surface area contributed by atoms with Crippen LogP contribution in [0.1, 0.15) is 10.4 Å². The second kappa shape index (κ2) is 8.53. The minimum Gasteiger partial charge on any atom is -0.491 e. The second-order valence-electron chi connectivity index (χ2n) is 5.48. The normalized spacial score (nSPS) is 10.5. The lowest BCUT2D eigenvalue weighted by Gasteiger charge is -2.12. The fourth-order valence-corrected chi connectivity index (χ4v) is 3.33. The Hall–Kier alpha value is -3.05. The van der Waals surface area contributed by atoms with E-state index < -0.39 is 40.5 Å². The standard InChI is InChI=1S/C18H11F4N3O2S2/c1-27-15-13(21)11(19)10(12(20)14(15)22)16(26)24-17(28)25-18-23-9(7-29-18)8-5-3-2-4-6-8/h2-7H,1H3,(H2,23,24,25,26,28). The van der Waals surface area contributed by atoms with Crippen molar-refractivity contribution in [3.05, 3.63) is 64.5 Å². The smallest absolute Gasteiger partial charge is 0.263 e. The summed E-state index contributed by atoms with van der Waals surface area (Å²) in [6.45, 7) is 0. The van der Waals surface area contributed by atoms with Crippen LogP contribution in [0, 0.1) is 23.3 Å². The number of halogens is 4. The summed E-state index contributed by atoms with van der Waals surface area (Å²) >= 11 is 6.07. The summed E-state index contributed by atoms with van der Waals surface area (Å²) in [6, 6.07) is 9.21. The Morgan fingerprint density at radius 2 is 1.69 bits per heavy atom. The van der Waals surface area contributed by atoms with Gasteiger partial charge in [0.05, 0.1) is 12.8 Å². The lowest BCUT2D eigenvalue weighted by atomic mass is 10.1. The Morgan fingerprint density at radius 1 is 1.07 bits per heavy atom. The first-order valence-corrected chi connectivity index (χ1v) is 9.15. The van der Waals surface area contributed by atoms with Crippen molar-refractivity contribution in [2.45, 2.75) is 0 Å². The van der Waals surface area contributed by atoms with Crippen molar-refractivity contribution in [1.29, 1.82) is 0 Å². The molecule has 11 heteroatoms. The Balaban J connectivity index is 1.75. The third-order valence-corrected chi connectivity index (χ3v) is 4.64. The van der Waals surface area contributed by atoms with Crippen LogP contribution in [0.2, 0.25) is 0 Å². The summed E-state index contributed by atoms with van der Waals surface area (Å²) < 4.78 is 59.8. The molecule has 0 saturated heterocycles. The van der Waals surface area contributed by atoms with E-state index in [9.17, 15) is 22.4 Å². The number of aromatic nitrogens is 1. The molecule has 2 N–H and O–H groups in total. The number of hydrogen-bond donors (Lipinski definition) is 2. The van der Waals surface area contributed by atoms with E-state index in [-0.39, 0.29) is 5.11 Å². The lowest BCUT2D eigenvalue weighted by molar-refractivity contribution is 0.0966. The third-order valence-electron chi connectivity index (χ3n) is 3.68. The van der Waals surface area contributed by atoms with E-state index in [1.165, 1.54) is 11.3 Å². The highest BCUT2D eigenvalue weighted by Crippen LogP contribution is 2.30. The molecule has 5 nitrogen and oxygen atoms in total. The summed E-state index contributed by atoms with van der Waals surface area (Å²) in [4.78, 5) is 16.4. The largest absolute Gasteiger partial charge is 0.491 e. The summed E-state index contributed by atoms with van der Waals surface area (Å²) in [5.74, 6) is -10.2. The van der Waals surface area contributed by atoms with Crippen molar-refractivity contribution >= 4 is 39.7 Å². The van der Waals surface area contributed by atoms with Crippen LogP contribution in [0.3, 0.4) is 0 Å². The van der Waals surface area contributed by atoms with Crippen LogP contribution in [-0.2, 0) is 0 Å². The number of carbonyl (C=O) groups is 1. The van der Waals surface area contributed by atoms with Crippen molar-refractivity contribution in [3.63, 3.8) is 0 Å². The molecule has 1 amide bonds. The number of hydrogen-bond acceptors (Lipinski definition) is 5. The number of thiazole rings is 1. The van der Waals surface area contributed by atoms with Crippen molar-refractivity contribution in [2.75, 3.05) is 12.4 Å². The van der Waals surface area contributed by atoms with Gasteiger partial charge >= 0.3 is 0 Å². The van der Waals surface area contributed by atoms with Crippen molar-refractivity contribution in [3.8, 4) is 17.0 Å². The summed E-state index contributed by atoms with van der Waals surface area (Å²) in [7, 11) is 0.830. The molecule has 3 aromatic rings. The van der Waals surface area contributed by atoms with Gasteiger partial charge in [-0.3, -0.25) is 10.1 Å². The number of benzene rings is 2. The summed E-state index contributed by atoms with van der Waals surface area (Å²) in [5, 5.41) is 6.20. The van der Waals surface area contributed by atoms with E-state index in [4.69, 9.17) is 12.2 Å². The molecule has 0 atom stereocenters. The zero-order valence-electron chi connectivity index (χ0n) is 14.6. The molecule has 1 aromatic heterocycles. The molecule has 0 aliphatic rings. The number of amides is 1. The molecule has 150 valence electrons. The number of methoxy groups -OCH3 is 1. The van der Waals surface area contributed by atoms with Crippen molar-refractivity contribution < 1.29 is 27.1 Å². The van der Waals surface area contributed by atoms with Gasteiger partial charge in [-0.1, -0.05) is 30.3 Å². The number of nitrogens with zero attached hydrogens (tertiary/aromatic N) is 1. The number of rotatable bonds is 4. The van der Waals surface area contributed by atoms with E-state index in [0.717, 1.165) is 12.7 Å². The maximum absolute atomic E-state index is 14.0. The van der Waals surface area contributed by atoms with Crippen LogP contribution in [0.4, 0.5) is 22.7 Å². The predicted molar refractivity (Wildman–Crippen MR) is 104 cm³/mol. The zero-order chi connectivity index (χ0) is 21.1. The van der Waals surface area contributed by atoms with Gasteiger partial charge in [0.15, 0.2) is 27.6 Å². The minimum atomic E-state index is -1.90. The van der Waals surface area contributed by atoms with Gasteiger partial charge in [0, 0.05) is 10.9 Å². The van der Waals surface area contributed by atoms with E-state index in [2.05, 4.69) is 15.0 Å². The first-order valence-electron chi connectivity index (χ1n) is 7.86. The van der Waals surface area contributed by atoms with E-state index >= 15 is 0 Å². The summed E-state index contributed by atoms with van der Waals surface area (Å²) in [6.07, 6.45) is 0. The lowest BCUT2D eigenvalue weighted by Crippen LogP contribution is -2.35. The van der Waals surface area contributed by atoms with Gasteiger partial charge < -0.3 is 10.1 Å². The SMILES string of the molecule is COc1c(F)c(F)c(C(=O)NC(=S)Nc2nc(-c3ccccc3)cs2)c(F)c1F. The van der Waals surface area contributed by atoms with Crippen molar-refractivity contribution in [1.82, 2.24) is 10.3 Å². The van der Waals surface area contributed by atoms with Gasteiger partial charge in [-0.2, -0.15) is 8.78 Å². The average Bonchev–Trinajstić information content (AvgIpc) is 3.16. The summed E-state index contributed by atoms with van der Waals surface area (Å²) in [5.41, 5.74) is 0.0257. The molecule has 0 fully saturated rings. The molecule has 3 rings (SSSR count). The Kier molecular flexibility index (Phi) is 6.09. The molecule has 0 saturated carbocycles. The fourth-order valence-electron chi connectivity index (χ4n) is 2.36. The predicted octanol–water partition coefficient (Wildman–Crippen LogP) is 4.50. The molecule has 0 aliphatic carbocycles. The number of nitrogens with one attached hydrogen (secondary N) is 2. The highest BCUT2D eigenvalue weighted by molar-refractivity contribution is 7.80. The maximum Gasteiger partial charge on any atom is 0.263 e. The highest BCUT2D eigenvalue weighted by atomic mass is 32.1. The first-order chi connectivity index (χ1) is 13.8.